The van der Waals surface area contributed by atoms with Gasteiger partial charge in [-0.15, -0.1) is 0 Å². The number of benzene rings is 2. The molecule has 0 aromatic heterocycles. The fraction of sp³-hybridized carbons (Fsp3) is 0.278. The van der Waals surface area contributed by atoms with E-state index in [4.69, 9.17) is 23.2 Å². The van der Waals surface area contributed by atoms with E-state index in [0.717, 1.165) is 11.1 Å². The number of hydrogen-bond donors (Lipinski definition) is 1. The van der Waals surface area contributed by atoms with E-state index in [2.05, 4.69) is 5.32 Å². The zero-order valence-corrected chi connectivity index (χ0v) is 14.2. The van der Waals surface area contributed by atoms with Gasteiger partial charge in [0, 0.05) is 16.5 Å². The molecular formula is C18H19Cl2NO. The number of rotatable bonds is 5. The van der Waals surface area contributed by atoms with Crippen LogP contribution >= 0.6 is 23.2 Å². The summed E-state index contributed by atoms with van der Waals surface area (Å²) in [5.41, 5.74) is 3.13. The number of hydrogen-bond acceptors (Lipinski definition) is 1. The Balaban J connectivity index is 1.95. The first kappa shape index (κ1) is 16.9. The van der Waals surface area contributed by atoms with Crippen LogP contribution < -0.4 is 5.32 Å². The van der Waals surface area contributed by atoms with Crippen LogP contribution in [0.1, 0.15) is 36.1 Å². The smallest absolute Gasteiger partial charge is 0.220 e. The Kier molecular flexibility index (Phi) is 5.87. The average molecular weight is 336 g/mol. The van der Waals surface area contributed by atoms with Crippen LogP contribution in [0.3, 0.4) is 0 Å². The van der Waals surface area contributed by atoms with Crippen LogP contribution in [0.15, 0.2) is 42.5 Å². The number of nitrogens with one attached hydrogen (secondary N) is 1. The van der Waals surface area contributed by atoms with Crippen molar-refractivity contribution in [1.29, 1.82) is 0 Å². The summed E-state index contributed by atoms with van der Waals surface area (Å²) in [5, 5.41) is 4.23. The minimum Gasteiger partial charge on any atom is -0.350 e. The Morgan fingerprint density at radius 3 is 2.36 bits per heavy atom. The Labute approximate surface area is 141 Å². The summed E-state index contributed by atoms with van der Waals surface area (Å²) in [6.45, 7) is 4.03. The molecule has 0 aliphatic carbocycles. The van der Waals surface area contributed by atoms with Gasteiger partial charge >= 0.3 is 0 Å². The zero-order chi connectivity index (χ0) is 16.1. The standard InChI is InChI=1S/C18H19Cl2NO/c1-12-6-3-4-7-14(12)13(2)21-18(22)11-10-15-16(19)8-5-9-17(15)20/h3-9,13H,10-11H2,1-2H3,(H,21,22). The maximum atomic E-state index is 12.1. The van der Waals surface area contributed by atoms with Crippen molar-refractivity contribution in [1.82, 2.24) is 5.32 Å². The molecule has 0 spiro atoms. The normalized spacial score (nSPS) is 12.0. The highest BCUT2D eigenvalue weighted by Crippen LogP contribution is 2.25. The fourth-order valence-electron chi connectivity index (χ4n) is 2.47. The average Bonchev–Trinajstić information content (AvgIpc) is 2.47. The van der Waals surface area contributed by atoms with E-state index in [1.54, 1.807) is 18.2 Å². The highest BCUT2D eigenvalue weighted by Gasteiger charge is 2.13. The van der Waals surface area contributed by atoms with E-state index in [0.29, 0.717) is 22.9 Å². The van der Waals surface area contributed by atoms with Crippen molar-refractivity contribution in [2.24, 2.45) is 0 Å². The number of aryl methyl sites for hydroxylation is 1. The number of carbonyl (C=O) groups is 1. The summed E-state index contributed by atoms with van der Waals surface area (Å²) < 4.78 is 0. The Morgan fingerprint density at radius 1 is 1.09 bits per heavy atom. The topological polar surface area (TPSA) is 29.1 Å². The van der Waals surface area contributed by atoms with Crippen LogP contribution in [0.2, 0.25) is 10.0 Å². The summed E-state index contributed by atoms with van der Waals surface area (Å²) in [5.74, 6) is -0.00765. The Morgan fingerprint density at radius 2 is 1.73 bits per heavy atom. The number of amides is 1. The van der Waals surface area contributed by atoms with Crippen molar-refractivity contribution in [2.75, 3.05) is 0 Å². The van der Waals surface area contributed by atoms with Crippen LogP contribution in [0, 0.1) is 6.92 Å². The molecule has 1 unspecified atom stereocenters. The molecule has 1 N–H and O–H groups in total. The largest absolute Gasteiger partial charge is 0.350 e. The van der Waals surface area contributed by atoms with E-state index in [-0.39, 0.29) is 11.9 Å². The molecule has 0 aliphatic heterocycles. The van der Waals surface area contributed by atoms with Gasteiger partial charge in [-0.3, -0.25) is 4.79 Å². The molecular weight excluding hydrogens is 317 g/mol. The second kappa shape index (κ2) is 7.66. The third kappa shape index (κ3) is 4.25. The van der Waals surface area contributed by atoms with Gasteiger partial charge in [-0.05, 0) is 49.1 Å². The first-order chi connectivity index (χ1) is 10.5. The van der Waals surface area contributed by atoms with Crippen LogP contribution in [0.25, 0.3) is 0 Å². The third-order valence-corrected chi connectivity index (χ3v) is 4.40. The monoisotopic (exact) mass is 335 g/mol. The molecule has 2 nitrogen and oxygen atoms in total. The maximum absolute atomic E-state index is 12.1. The molecule has 1 amide bonds. The second-order valence-electron chi connectivity index (χ2n) is 5.35. The summed E-state index contributed by atoms with van der Waals surface area (Å²) >= 11 is 12.2. The van der Waals surface area contributed by atoms with Gasteiger partial charge < -0.3 is 5.32 Å². The van der Waals surface area contributed by atoms with Crippen molar-refractivity contribution in [3.63, 3.8) is 0 Å². The van der Waals surface area contributed by atoms with Crippen LogP contribution in [-0.4, -0.2) is 5.91 Å². The Bertz CT molecular complexity index is 650. The molecule has 0 aliphatic rings. The van der Waals surface area contributed by atoms with E-state index in [1.807, 2.05) is 38.1 Å². The lowest BCUT2D eigenvalue weighted by atomic mass is 10.0. The predicted molar refractivity (Wildman–Crippen MR) is 92.5 cm³/mol. The van der Waals surface area contributed by atoms with Gasteiger partial charge in [0.15, 0.2) is 0 Å². The quantitative estimate of drug-likeness (QED) is 0.807. The van der Waals surface area contributed by atoms with Crippen molar-refractivity contribution in [2.45, 2.75) is 32.7 Å². The first-order valence-electron chi connectivity index (χ1n) is 7.27. The van der Waals surface area contributed by atoms with E-state index >= 15 is 0 Å². The molecule has 22 heavy (non-hydrogen) atoms. The number of carbonyl (C=O) groups excluding carboxylic acids is 1. The summed E-state index contributed by atoms with van der Waals surface area (Å²) in [4.78, 5) is 12.1. The van der Waals surface area contributed by atoms with Crippen molar-refractivity contribution < 1.29 is 4.79 Å². The van der Waals surface area contributed by atoms with Gasteiger partial charge in [0.2, 0.25) is 5.91 Å². The van der Waals surface area contributed by atoms with Crippen molar-refractivity contribution >= 4 is 29.1 Å². The number of halogens is 2. The molecule has 0 bridgehead atoms. The summed E-state index contributed by atoms with van der Waals surface area (Å²) in [7, 11) is 0. The maximum Gasteiger partial charge on any atom is 0.220 e. The molecule has 1 atom stereocenters. The lowest BCUT2D eigenvalue weighted by Crippen LogP contribution is -2.27. The summed E-state index contributed by atoms with van der Waals surface area (Å²) in [6.07, 6.45) is 0.893. The van der Waals surface area contributed by atoms with Gasteiger partial charge in [-0.2, -0.15) is 0 Å². The molecule has 0 fully saturated rings. The molecule has 4 heteroatoms. The fourth-order valence-corrected chi connectivity index (χ4v) is 3.06. The van der Waals surface area contributed by atoms with Crippen LogP contribution in [0.5, 0.6) is 0 Å². The third-order valence-electron chi connectivity index (χ3n) is 3.70. The van der Waals surface area contributed by atoms with E-state index in [9.17, 15) is 4.79 Å². The highest BCUT2D eigenvalue weighted by molar-refractivity contribution is 6.36. The minimum atomic E-state index is -0.0181. The summed E-state index contributed by atoms with van der Waals surface area (Å²) in [6, 6.07) is 13.4. The van der Waals surface area contributed by atoms with Crippen molar-refractivity contribution in [3.8, 4) is 0 Å². The Hall–Kier alpha value is -1.51. The molecule has 0 saturated heterocycles. The molecule has 2 rings (SSSR count). The highest BCUT2D eigenvalue weighted by atomic mass is 35.5. The zero-order valence-electron chi connectivity index (χ0n) is 12.7. The SMILES string of the molecule is Cc1ccccc1C(C)NC(=O)CCc1c(Cl)cccc1Cl. The molecule has 0 heterocycles. The molecule has 2 aromatic rings. The van der Waals surface area contributed by atoms with Gasteiger partial charge in [0.05, 0.1) is 6.04 Å². The van der Waals surface area contributed by atoms with E-state index in [1.165, 1.54) is 5.56 Å². The second-order valence-corrected chi connectivity index (χ2v) is 6.16. The molecule has 2 aromatic carbocycles. The molecule has 0 radical (unpaired) electrons. The first-order valence-corrected chi connectivity index (χ1v) is 8.02. The van der Waals surface area contributed by atoms with Crippen molar-refractivity contribution in [3.05, 3.63) is 69.2 Å². The minimum absolute atomic E-state index is 0.00765. The lowest BCUT2D eigenvalue weighted by molar-refractivity contribution is -0.121. The van der Waals surface area contributed by atoms with E-state index < -0.39 is 0 Å². The predicted octanol–water partition coefficient (Wildman–Crippen LogP) is 5.11. The van der Waals surface area contributed by atoms with Crippen LogP contribution in [-0.2, 0) is 11.2 Å². The van der Waals surface area contributed by atoms with Crippen LogP contribution in [0.4, 0.5) is 0 Å². The molecule has 116 valence electrons. The van der Waals surface area contributed by atoms with Gasteiger partial charge in [-0.1, -0.05) is 53.5 Å². The van der Waals surface area contributed by atoms with Gasteiger partial charge in [0.25, 0.3) is 0 Å². The lowest BCUT2D eigenvalue weighted by Gasteiger charge is -2.16. The van der Waals surface area contributed by atoms with Gasteiger partial charge in [-0.25, -0.2) is 0 Å². The van der Waals surface area contributed by atoms with Gasteiger partial charge in [0.1, 0.15) is 0 Å². The molecule has 0 saturated carbocycles.